The molecule has 0 aliphatic heterocycles. The van der Waals surface area contributed by atoms with Crippen LogP contribution in [0.5, 0.6) is 0 Å². The van der Waals surface area contributed by atoms with Gasteiger partial charge < -0.3 is 15.2 Å². The number of sulfonamides is 1. The highest BCUT2D eigenvalue weighted by Gasteiger charge is 2.36. The van der Waals surface area contributed by atoms with Crippen LogP contribution < -0.4 is 15.4 Å². The topological polar surface area (TPSA) is 174 Å². The number of hydrogen-bond donors (Lipinski definition) is 3. The lowest BCUT2D eigenvalue weighted by Crippen LogP contribution is -2.24. The number of anilines is 1. The molecule has 0 saturated carbocycles. The van der Waals surface area contributed by atoms with Crippen molar-refractivity contribution in [1.82, 2.24) is 40.1 Å². The van der Waals surface area contributed by atoms with E-state index in [1.807, 2.05) is 4.72 Å². The van der Waals surface area contributed by atoms with E-state index in [2.05, 4.69) is 35.6 Å². The smallest absolute Gasteiger partial charge is 0.348 e. The number of fused-ring (bicyclic) bond motifs is 2. The van der Waals surface area contributed by atoms with Crippen molar-refractivity contribution in [2.75, 3.05) is 4.72 Å². The summed E-state index contributed by atoms with van der Waals surface area (Å²) in [6.07, 6.45) is -2.05. The molecule has 3 aromatic carbocycles. The number of imidazole rings is 1. The number of rotatable bonds is 10. The molecule has 20 heteroatoms. The monoisotopic (exact) mass is 925 g/mol. The zero-order chi connectivity index (χ0) is 47.4. The Labute approximate surface area is 373 Å². The van der Waals surface area contributed by atoms with Gasteiger partial charge in [-0.2, -0.15) is 26.3 Å². The van der Waals surface area contributed by atoms with Crippen LogP contribution in [0.25, 0.3) is 27.8 Å². The van der Waals surface area contributed by atoms with E-state index in [0.29, 0.717) is 44.6 Å². The number of aromatic nitrogens is 6. The van der Waals surface area contributed by atoms with Gasteiger partial charge in [0.1, 0.15) is 0 Å². The van der Waals surface area contributed by atoms with Crippen LogP contribution in [-0.2, 0) is 35.5 Å². The van der Waals surface area contributed by atoms with Crippen LogP contribution in [-0.4, -0.2) is 49.7 Å². The standard InChI is InChI=1S/C25H21F3N4O3S.C21H16F3N5O/c1-15-5-8-19(9-6-15)36(34,35)32-22-10-7-17(12-21(22)25(26,27)28)14-30-24(33)20-13-18-4-3-11-29-23(18)31-16(20)2;1-13-16(10-15-3-2-6-26-19(15)28-13)20(30)27-11-14-4-5-18(29-8-7-25-12-29)17(9-14)21(22,23)24/h3-13,32H,14H2,1-2H3,(H,30,33);2-10,12H,11H2,1H3,(H,27,30). The van der Waals surface area contributed by atoms with Crippen molar-refractivity contribution in [1.29, 1.82) is 0 Å². The SMILES string of the molecule is Cc1ccc(S(=O)(=O)Nc2ccc(CNC(=O)c3cc4cccnc4nc3C)cc2C(F)(F)F)cc1.Cc1nc2ncccc2cc1C(=O)NCc1ccc(-n2ccnc2)c(C(F)(F)F)c1. The van der Waals surface area contributed by atoms with Gasteiger partial charge in [0, 0.05) is 48.6 Å². The van der Waals surface area contributed by atoms with Crippen LogP contribution in [0.15, 0.2) is 133 Å². The Bertz CT molecular complexity index is 3200. The summed E-state index contributed by atoms with van der Waals surface area (Å²) in [4.78, 5) is 45.8. The number of alkyl halides is 6. The summed E-state index contributed by atoms with van der Waals surface area (Å²) >= 11 is 0. The molecule has 0 unspecified atom stereocenters. The van der Waals surface area contributed by atoms with Crippen molar-refractivity contribution in [3.8, 4) is 5.69 Å². The Kier molecular flexibility index (Phi) is 13.2. The molecule has 5 aromatic heterocycles. The first kappa shape index (κ1) is 46.3. The maximum atomic E-state index is 13.8. The zero-order valence-electron chi connectivity index (χ0n) is 35.0. The van der Waals surface area contributed by atoms with Crippen LogP contribution in [0, 0.1) is 20.8 Å². The maximum Gasteiger partial charge on any atom is 0.418 e. The fraction of sp³-hybridized carbons (Fsp3) is 0.152. The predicted octanol–water partition coefficient (Wildman–Crippen LogP) is 9.07. The van der Waals surface area contributed by atoms with Gasteiger partial charge in [0.05, 0.1) is 56.2 Å². The molecule has 0 atom stereocenters. The summed E-state index contributed by atoms with van der Waals surface area (Å²) in [6, 6.07) is 23.1. The van der Waals surface area contributed by atoms with Crippen LogP contribution in [0.3, 0.4) is 0 Å². The molecule has 66 heavy (non-hydrogen) atoms. The lowest BCUT2D eigenvalue weighted by atomic mass is 10.1. The number of aryl methyl sites for hydroxylation is 3. The second kappa shape index (κ2) is 18.8. The minimum absolute atomic E-state index is 0.0304. The fourth-order valence-corrected chi connectivity index (χ4v) is 7.78. The van der Waals surface area contributed by atoms with E-state index >= 15 is 0 Å². The van der Waals surface area contributed by atoms with E-state index in [4.69, 9.17) is 0 Å². The van der Waals surface area contributed by atoms with Gasteiger partial charge in [-0.05, 0) is 105 Å². The zero-order valence-corrected chi connectivity index (χ0v) is 35.8. The van der Waals surface area contributed by atoms with Gasteiger partial charge in [0.25, 0.3) is 21.8 Å². The van der Waals surface area contributed by atoms with E-state index < -0.39 is 51.0 Å². The van der Waals surface area contributed by atoms with Gasteiger partial charge in [0.2, 0.25) is 0 Å². The average molecular weight is 926 g/mol. The number of nitrogens with zero attached hydrogens (tertiary/aromatic N) is 6. The maximum absolute atomic E-state index is 13.8. The number of pyridine rings is 4. The molecule has 0 fully saturated rings. The molecule has 8 rings (SSSR count). The van der Waals surface area contributed by atoms with E-state index in [0.717, 1.165) is 23.8 Å². The predicted molar refractivity (Wildman–Crippen MR) is 233 cm³/mol. The molecule has 338 valence electrons. The summed E-state index contributed by atoms with van der Waals surface area (Å²) in [5.41, 5.74) is 1.20. The van der Waals surface area contributed by atoms with Gasteiger partial charge in [0.15, 0.2) is 11.3 Å². The number of amides is 2. The van der Waals surface area contributed by atoms with E-state index in [1.54, 1.807) is 87.8 Å². The Morgan fingerprint density at radius 3 is 1.65 bits per heavy atom. The second-order valence-corrected chi connectivity index (χ2v) is 16.5. The molecule has 0 aliphatic rings. The third-order valence-corrected chi connectivity index (χ3v) is 11.5. The summed E-state index contributed by atoms with van der Waals surface area (Å²) in [5, 5.41) is 6.62. The minimum atomic E-state index is -4.84. The van der Waals surface area contributed by atoms with Crippen molar-refractivity contribution < 1.29 is 44.3 Å². The number of carbonyl (C=O) groups excluding carboxylic acids is 2. The molecule has 0 radical (unpaired) electrons. The summed E-state index contributed by atoms with van der Waals surface area (Å²) in [6.45, 7) is 4.82. The normalized spacial score (nSPS) is 11.8. The molecule has 0 bridgehead atoms. The Morgan fingerprint density at radius 2 is 1.15 bits per heavy atom. The van der Waals surface area contributed by atoms with Crippen LogP contribution >= 0.6 is 0 Å². The first-order valence-electron chi connectivity index (χ1n) is 19.8. The average Bonchev–Trinajstić information content (AvgIpc) is 3.82. The highest BCUT2D eigenvalue weighted by molar-refractivity contribution is 7.92. The quantitative estimate of drug-likeness (QED) is 0.113. The lowest BCUT2D eigenvalue weighted by molar-refractivity contribution is -0.138. The highest BCUT2D eigenvalue weighted by atomic mass is 32.2. The molecule has 3 N–H and O–H groups in total. The number of halogens is 6. The summed E-state index contributed by atoms with van der Waals surface area (Å²) in [7, 11) is -4.24. The fourth-order valence-electron chi connectivity index (χ4n) is 6.70. The summed E-state index contributed by atoms with van der Waals surface area (Å²) < 4.78 is 111. The van der Waals surface area contributed by atoms with Gasteiger partial charge in [-0.15, -0.1) is 0 Å². The third-order valence-electron chi connectivity index (χ3n) is 10.1. The van der Waals surface area contributed by atoms with Gasteiger partial charge >= 0.3 is 12.4 Å². The number of carbonyl (C=O) groups is 2. The van der Waals surface area contributed by atoms with Crippen LogP contribution in [0.2, 0.25) is 0 Å². The molecule has 5 heterocycles. The lowest BCUT2D eigenvalue weighted by Gasteiger charge is -2.17. The second-order valence-electron chi connectivity index (χ2n) is 14.8. The van der Waals surface area contributed by atoms with Crippen molar-refractivity contribution in [3.63, 3.8) is 0 Å². The van der Waals surface area contributed by atoms with E-state index in [1.165, 1.54) is 47.6 Å². The number of benzene rings is 3. The first-order chi connectivity index (χ1) is 31.3. The van der Waals surface area contributed by atoms with Crippen molar-refractivity contribution in [2.24, 2.45) is 0 Å². The Hall–Kier alpha value is -7.74. The molecule has 2 amide bonds. The van der Waals surface area contributed by atoms with E-state index in [9.17, 15) is 44.3 Å². The Balaban J connectivity index is 0.000000199. The van der Waals surface area contributed by atoms with Crippen LogP contribution in [0.1, 0.15) is 59.9 Å². The van der Waals surface area contributed by atoms with Crippen LogP contribution in [0.4, 0.5) is 32.0 Å². The van der Waals surface area contributed by atoms with Crippen molar-refractivity contribution >= 4 is 49.6 Å². The van der Waals surface area contributed by atoms with Gasteiger partial charge in [-0.25, -0.2) is 33.3 Å². The molecular formula is C46H37F6N9O4S. The summed E-state index contributed by atoms with van der Waals surface area (Å²) in [5.74, 6) is -0.929. The molecule has 13 nitrogen and oxygen atoms in total. The largest absolute Gasteiger partial charge is 0.418 e. The first-order valence-corrected chi connectivity index (χ1v) is 21.2. The van der Waals surface area contributed by atoms with Gasteiger partial charge in [-0.3, -0.25) is 14.3 Å². The Morgan fingerprint density at radius 1 is 0.636 bits per heavy atom. The molecular weight excluding hydrogens is 889 g/mol. The highest BCUT2D eigenvalue weighted by Crippen LogP contribution is 2.37. The van der Waals surface area contributed by atoms with E-state index in [-0.39, 0.29) is 34.8 Å². The number of hydrogen-bond acceptors (Lipinski definition) is 9. The minimum Gasteiger partial charge on any atom is -0.348 e. The molecule has 0 aliphatic carbocycles. The molecule has 8 aromatic rings. The molecule has 0 spiro atoms. The number of nitrogens with one attached hydrogen (secondary N) is 3. The molecule has 0 saturated heterocycles. The van der Waals surface area contributed by atoms with Crippen molar-refractivity contribution in [3.05, 3.63) is 179 Å². The van der Waals surface area contributed by atoms with Gasteiger partial charge in [-0.1, -0.05) is 29.8 Å². The third kappa shape index (κ3) is 10.8. The van der Waals surface area contributed by atoms with Crippen molar-refractivity contribution in [2.45, 2.75) is 51.1 Å².